The first-order valence-electron chi connectivity index (χ1n) is 7.20. The quantitative estimate of drug-likeness (QED) is 0.916. The predicted molar refractivity (Wildman–Crippen MR) is 85.6 cm³/mol. The van der Waals surface area contributed by atoms with Gasteiger partial charge in [-0.2, -0.15) is 0 Å². The van der Waals surface area contributed by atoms with Crippen molar-refractivity contribution in [3.8, 4) is 5.75 Å². The first-order valence-corrected chi connectivity index (χ1v) is 7.20. The van der Waals surface area contributed by atoms with E-state index in [9.17, 15) is 14.7 Å². The number of benzene rings is 2. The summed E-state index contributed by atoms with van der Waals surface area (Å²) in [6.07, 6.45) is 0. The minimum atomic E-state index is -1.34. The minimum absolute atomic E-state index is 0.0660. The molecule has 1 N–H and O–H groups in total. The molecule has 0 atom stereocenters. The second kappa shape index (κ2) is 6.96. The zero-order valence-electron chi connectivity index (χ0n) is 13.3. The number of carbonyl (C=O) groups is 2. The Morgan fingerprint density at radius 1 is 1.04 bits per heavy atom. The lowest BCUT2D eigenvalue weighted by Gasteiger charge is -2.15. The Morgan fingerprint density at radius 3 is 2.39 bits per heavy atom. The third-order valence-electron chi connectivity index (χ3n) is 3.64. The zero-order valence-corrected chi connectivity index (χ0v) is 13.3. The third kappa shape index (κ3) is 3.88. The molecule has 0 saturated heterocycles. The molecule has 0 unspecified atom stereocenters. The number of hydrogen-bond acceptors (Lipinski definition) is 4. The predicted octanol–water partition coefficient (Wildman–Crippen LogP) is 1.99. The third-order valence-corrected chi connectivity index (χ3v) is 3.64. The number of carboxylic acid groups (broad SMARTS) is 1. The maximum atomic E-state index is 12.0. The lowest BCUT2D eigenvalue weighted by atomic mass is 10.1. The second-order valence-corrected chi connectivity index (χ2v) is 5.32. The molecule has 0 aliphatic carbocycles. The molecule has 120 valence electrons. The molecule has 0 aliphatic heterocycles. The molecule has 1 amide bonds. The first-order chi connectivity index (χ1) is 10.9. The molecular weight excluding hydrogens is 294 g/mol. The molecule has 23 heavy (non-hydrogen) atoms. The highest BCUT2D eigenvalue weighted by Crippen LogP contribution is 2.25. The van der Waals surface area contributed by atoms with Crippen LogP contribution >= 0.6 is 0 Å². The van der Waals surface area contributed by atoms with Crippen molar-refractivity contribution in [2.75, 3.05) is 11.9 Å². The van der Waals surface area contributed by atoms with Crippen LogP contribution in [-0.4, -0.2) is 18.5 Å². The number of amides is 1. The zero-order chi connectivity index (χ0) is 17.0. The summed E-state index contributed by atoms with van der Waals surface area (Å²) >= 11 is 0. The molecule has 2 aromatic rings. The fourth-order valence-electron chi connectivity index (χ4n) is 2.24. The van der Waals surface area contributed by atoms with Crippen molar-refractivity contribution >= 4 is 17.6 Å². The van der Waals surface area contributed by atoms with E-state index in [1.807, 2.05) is 32.9 Å². The van der Waals surface area contributed by atoms with Crippen LogP contribution in [0.5, 0.6) is 5.75 Å². The smallest absolute Gasteiger partial charge is 0.262 e. The summed E-state index contributed by atoms with van der Waals surface area (Å²) in [4.78, 5) is 23.0. The van der Waals surface area contributed by atoms with Crippen LogP contribution in [0.4, 0.5) is 5.69 Å². The molecule has 0 bridgehead atoms. The van der Waals surface area contributed by atoms with Crippen molar-refractivity contribution in [2.24, 2.45) is 0 Å². The Kier molecular flexibility index (Phi) is 5.01. The molecule has 2 aromatic carbocycles. The maximum absolute atomic E-state index is 12.0. The number of nitrogens with one attached hydrogen (secondary N) is 1. The van der Waals surface area contributed by atoms with Gasteiger partial charge in [0.05, 0.1) is 5.97 Å². The topological polar surface area (TPSA) is 78.5 Å². The molecule has 0 aliphatic rings. The van der Waals surface area contributed by atoms with E-state index in [1.54, 1.807) is 12.1 Å². The van der Waals surface area contributed by atoms with Crippen LogP contribution in [0.1, 0.15) is 27.0 Å². The number of carboxylic acids is 1. The number of hydrogen-bond donors (Lipinski definition) is 1. The Balaban J connectivity index is 2.07. The van der Waals surface area contributed by atoms with Gasteiger partial charge >= 0.3 is 0 Å². The van der Waals surface area contributed by atoms with Gasteiger partial charge in [0.15, 0.2) is 6.61 Å². The Bertz CT molecular complexity index is 753. The number of ether oxygens (including phenoxy) is 1. The van der Waals surface area contributed by atoms with Crippen LogP contribution in [0.15, 0.2) is 36.4 Å². The van der Waals surface area contributed by atoms with Gasteiger partial charge in [-0.3, -0.25) is 4.79 Å². The van der Waals surface area contributed by atoms with E-state index >= 15 is 0 Å². The van der Waals surface area contributed by atoms with Gasteiger partial charge in [0, 0.05) is 11.3 Å². The average molecular weight is 312 g/mol. The molecule has 0 spiro atoms. The normalized spacial score (nSPS) is 10.2. The van der Waals surface area contributed by atoms with Gasteiger partial charge in [-0.05, 0) is 43.5 Å². The van der Waals surface area contributed by atoms with Crippen molar-refractivity contribution < 1.29 is 19.4 Å². The van der Waals surface area contributed by atoms with Crippen LogP contribution in [-0.2, 0) is 4.79 Å². The summed E-state index contributed by atoms with van der Waals surface area (Å²) < 4.78 is 5.61. The van der Waals surface area contributed by atoms with Gasteiger partial charge in [0.25, 0.3) is 5.91 Å². The number of para-hydroxylation sites is 1. The summed E-state index contributed by atoms with van der Waals surface area (Å²) in [6.45, 7) is 5.61. The van der Waals surface area contributed by atoms with Crippen LogP contribution < -0.4 is 15.2 Å². The van der Waals surface area contributed by atoms with Gasteiger partial charge in [-0.25, -0.2) is 0 Å². The summed E-state index contributed by atoms with van der Waals surface area (Å²) in [6, 6.07) is 10.0. The number of rotatable bonds is 5. The fourth-order valence-corrected chi connectivity index (χ4v) is 2.24. The summed E-state index contributed by atoms with van der Waals surface area (Å²) in [5.74, 6) is -1.10. The monoisotopic (exact) mass is 312 g/mol. The lowest BCUT2D eigenvalue weighted by Crippen LogP contribution is -2.26. The van der Waals surface area contributed by atoms with Crippen LogP contribution in [0.2, 0.25) is 0 Å². The highest BCUT2D eigenvalue weighted by Gasteiger charge is 2.11. The van der Waals surface area contributed by atoms with E-state index in [2.05, 4.69) is 5.32 Å². The van der Waals surface area contributed by atoms with Gasteiger partial charge in [0.2, 0.25) is 0 Å². The molecule has 5 nitrogen and oxygen atoms in total. The van der Waals surface area contributed by atoms with Gasteiger partial charge < -0.3 is 20.0 Å². The second-order valence-electron chi connectivity index (χ2n) is 5.32. The standard InChI is InChI=1S/C18H19NO4/c1-11-8-9-12(2)17(13(11)3)23-10-16(20)19-15-7-5-4-6-14(15)18(21)22/h4-9H,10H2,1-3H3,(H,19,20)(H,21,22)/p-1. The van der Waals surface area contributed by atoms with Crippen LogP contribution in [0.25, 0.3) is 0 Å². The van der Waals surface area contributed by atoms with E-state index in [-0.39, 0.29) is 17.9 Å². The van der Waals surface area contributed by atoms with E-state index in [4.69, 9.17) is 4.74 Å². The van der Waals surface area contributed by atoms with E-state index in [1.165, 1.54) is 12.1 Å². The first kappa shape index (κ1) is 16.5. The van der Waals surface area contributed by atoms with Crippen LogP contribution in [0, 0.1) is 20.8 Å². The van der Waals surface area contributed by atoms with Crippen molar-refractivity contribution in [3.05, 3.63) is 58.7 Å². The largest absolute Gasteiger partial charge is 0.545 e. The molecule has 0 fully saturated rings. The molecular formula is C18H18NO4-. The van der Waals surface area contributed by atoms with Crippen molar-refractivity contribution in [3.63, 3.8) is 0 Å². The molecule has 2 rings (SSSR count). The maximum Gasteiger partial charge on any atom is 0.262 e. The lowest BCUT2D eigenvalue weighted by molar-refractivity contribution is -0.254. The highest BCUT2D eigenvalue weighted by atomic mass is 16.5. The fraction of sp³-hybridized carbons (Fsp3) is 0.222. The molecule has 0 saturated carbocycles. The summed E-state index contributed by atoms with van der Waals surface area (Å²) in [5.41, 5.74) is 3.12. The van der Waals surface area contributed by atoms with Gasteiger partial charge in [-0.15, -0.1) is 0 Å². The molecule has 5 heteroatoms. The molecule has 0 aromatic heterocycles. The Hall–Kier alpha value is -2.82. The SMILES string of the molecule is Cc1ccc(C)c(OCC(=O)Nc2ccccc2C(=O)[O-])c1C. The Morgan fingerprint density at radius 2 is 1.70 bits per heavy atom. The molecule has 0 radical (unpaired) electrons. The van der Waals surface area contributed by atoms with Crippen molar-refractivity contribution in [1.29, 1.82) is 0 Å². The average Bonchev–Trinajstić information content (AvgIpc) is 2.51. The van der Waals surface area contributed by atoms with Crippen molar-refractivity contribution in [2.45, 2.75) is 20.8 Å². The molecule has 0 heterocycles. The Labute approximate surface area is 134 Å². The summed E-state index contributed by atoms with van der Waals surface area (Å²) in [5, 5.41) is 13.5. The highest BCUT2D eigenvalue weighted by molar-refractivity contribution is 6.00. The van der Waals surface area contributed by atoms with E-state index < -0.39 is 11.9 Å². The number of anilines is 1. The summed E-state index contributed by atoms with van der Waals surface area (Å²) in [7, 11) is 0. The van der Waals surface area contributed by atoms with Crippen molar-refractivity contribution in [1.82, 2.24) is 0 Å². The van der Waals surface area contributed by atoms with Gasteiger partial charge in [-0.1, -0.05) is 30.3 Å². The van der Waals surface area contributed by atoms with Gasteiger partial charge in [0.1, 0.15) is 5.75 Å². The minimum Gasteiger partial charge on any atom is -0.545 e. The van der Waals surface area contributed by atoms with E-state index in [0.717, 1.165) is 16.7 Å². The van der Waals surface area contributed by atoms with E-state index in [0.29, 0.717) is 5.75 Å². The van der Waals surface area contributed by atoms with Crippen LogP contribution in [0.3, 0.4) is 0 Å². The number of aryl methyl sites for hydroxylation is 2. The number of aromatic carboxylic acids is 1. The number of carbonyl (C=O) groups excluding carboxylic acids is 2.